The Morgan fingerprint density at radius 3 is 2.24 bits per heavy atom. The lowest BCUT2D eigenvalue weighted by Crippen LogP contribution is -2.49. The highest BCUT2D eigenvalue weighted by atomic mass is 16.2. The zero-order valence-electron chi connectivity index (χ0n) is 14.5. The summed E-state index contributed by atoms with van der Waals surface area (Å²) in [5.41, 5.74) is 2.86. The maximum atomic E-state index is 12.4. The lowest BCUT2D eigenvalue weighted by molar-refractivity contribution is -0.121. The van der Waals surface area contributed by atoms with Gasteiger partial charge in [0, 0.05) is 5.69 Å². The zero-order valence-corrected chi connectivity index (χ0v) is 14.5. The van der Waals surface area contributed by atoms with Gasteiger partial charge >= 0.3 is 0 Å². The van der Waals surface area contributed by atoms with E-state index in [1.54, 1.807) is 0 Å². The Balaban J connectivity index is 3.05. The first-order valence-corrected chi connectivity index (χ1v) is 7.89. The third kappa shape index (κ3) is 4.57. The summed E-state index contributed by atoms with van der Waals surface area (Å²) in [5, 5.41) is 6.29. The molecule has 0 saturated carbocycles. The highest BCUT2D eigenvalue weighted by molar-refractivity contribution is 5.98. The number of nitrogens with one attached hydrogen (secondary N) is 2. The van der Waals surface area contributed by atoms with Crippen LogP contribution in [0, 0.1) is 0 Å². The Kier molecular flexibility index (Phi) is 5.97. The number of anilines is 1. The summed E-state index contributed by atoms with van der Waals surface area (Å²) in [6.45, 7) is 15.3. The molecule has 21 heavy (non-hydrogen) atoms. The van der Waals surface area contributed by atoms with Gasteiger partial charge in [0.25, 0.3) is 0 Å². The van der Waals surface area contributed by atoms with Gasteiger partial charge in [-0.1, -0.05) is 46.8 Å². The van der Waals surface area contributed by atoms with Crippen LogP contribution in [0.15, 0.2) is 18.2 Å². The summed E-state index contributed by atoms with van der Waals surface area (Å²) >= 11 is 0. The number of carbonyl (C=O) groups is 1. The van der Waals surface area contributed by atoms with Crippen molar-refractivity contribution in [2.45, 2.75) is 65.8 Å². The van der Waals surface area contributed by atoms with Gasteiger partial charge in [-0.3, -0.25) is 4.79 Å². The molecule has 0 fully saturated rings. The SMILES string of the molecule is CCNC(C)(C)C(=O)Nc1ccc(C(C)C)cc1C(C)C. The fourth-order valence-electron chi connectivity index (χ4n) is 2.33. The maximum absolute atomic E-state index is 12.4. The van der Waals surface area contributed by atoms with Crippen LogP contribution in [0.1, 0.15) is 71.4 Å². The first-order chi connectivity index (χ1) is 9.69. The van der Waals surface area contributed by atoms with E-state index in [0.717, 1.165) is 12.2 Å². The van der Waals surface area contributed by atoms with E-state index >= 15 is 0 Å². The second-order valence-electron chi connectivity index (χ2n) is 6.77. The molecule has 0 atom stereocenters. The Morgan fingerprint density at radius 1 is 1.14 bits per heavy atom. The Bertz CT molecular complexity index is 490. The quantitative estimate of drug-likeness (QED) is 0.822. The van der Waals surface area contributed by atoms with Crippen LogP contribution in [0.3, 0.4) is 0 Å². The molecular weight excluding hydrogens is 260 g/mol. The lowest BCUT2D eigenvalue weighted by atomic mass is 9.93. The molecular formula is C18H30N2O. The summed E-state index contributed by atoms with van der Waals surface area (Å²) in [6.07, 6.45) is 0. The van der Waals surface area contributed by atoms with Crippen molar-refractivity contribution < 1.29 is 4.79 Å². The molecule has 0 heterocycles. The minimum atomic E-state index is -0.570. The summed E-state index contributed by atoms with van der Waals surface area (Å²) in [4.78, 5) is 12.4. The highest BCUT2D eigenvalue weighted by Crippen LogP contribution is 2.28. The van der Waals surface area contributed by atoms with Crippen LogP contribution in [-0.2, 0) is 4.79 Å². The Labute approximate surface area is 129 Å². The van der Waals surface area contributed by atoms with Gasteiger partial charge in [-0.25, -0.2) is 0 Å². The molecule has 0 aliphatic rings. The minimum Gasteiger partial charge on any atom is -0.324 e. The molecule has 0 aliphatic carbocycles. The predicted octanol–water partition coefficient (Wildman–Crippen LogP) is 4.26. The number of hydrogen-bond donors (Lipinski definition) is 2. The minimum absolute atomic E-state index is 0.00328. The second-order valence-corrected chi connectivity index (χ2v) is 6.77. The molecule has 1 aromatic rings. The predicted molar refractivity (Wildman–Crippen MR) is 91.0 cm³/mol. The molecule has 1 rings (SSSR count). The van der Waals surface area contributed by atoms with E-state index in [1.807, 2.05) is 26.8 Å². The molecule has 1 amide bonds. The number of hydrogen-bond acceptors (Lipinski definition) is 2. The molecule has 0 bridgehead atoms. The van der Waals surface area contributed by atoms with Crippen molar-refractivity contribution in [3.8, 4) is 0 Å². The van der Waals surface area contributed by atoms with E-state index in [-0.39, 0.29) is 5.91 Å². The molecule has 0 unspecified atom stereocenters. The summed E-state index contributed by atoms with van der Waals surface area (Å²) < 4.78 is 0. The standard InChI is InChI=1S/C18H30N2O/c1-8-19-18(6,7)17(21)20-16-10-9-14(12(2)3)11-15(16)13(4)5/h9-13,19H,8H2,1-7H3,(H,20,21). The van der Waals surface area contributed by atoms with E-state index in [0.29, 0.717) is 11.8 Å². The lowest BCUT2D eigenvalue weighted by Gasteiger charge is -2.26. The molecule has 0 aliphatic heterocycles. The number of carbonyl (C=O) groups excluding carboxylic acids is 1. The third-order valence-corrected chi connectivity index (χ3v) is 3.80. The first-order valence-electron chi connectivity index (χ1n) is 7.89. The number of benzene rings is 1. The van der Waals surface area contributed by atoms with Crippen molar-refractivity contribution in [3.05, 3.63) is 29.3 Å². The van der Waals surface area contributed by atoms with Gasteiger partial charge in [0.1, 0.15) is 0 Å². The van der Waals surface area contributed by atoms with Gasteiger partial charge < -0.3 is 10.6 Å². The van der Waals surface area contributed by atoms with Gasteiger partial charge in [0.2, 0.25) is 5.91 Å². The fourth-order valence-corrected chi connectivity index (χ4v) is 2.33. The maximum Gasteiger partial charge on any atom is 0.244 e. The van der Waals surface area contributed by atoms with E-state index in [4.69, 9.17) is 0 Å². The van der Waals surface area contributed by atoms with E-state index in [1.165, 1.54) is 11.1 Å². The normalized spacial score (nSPS) is 12.0. The smallest absolute Gasteiger partial charge is 0.244 e. The van der Waals surface area contributed by atoms with Crippen molar-refractivity contribution in [2.24, 2.45) is 0 Å². The number of rotatable bonds is 6. The van der Waals surface area contributed by atoms with Crippen LogP contribution in [0.5, 0.6) is 0 Å². The Hall–Kier alpha value is -1.35. The molecule has 0 radical (unpaired) electrons. The largest absolute Gasteiger partial charge is 0.324 e. The molecule has 0 aromatic heterocycles. The molecule has 1 aromatic carbocycles. The topological polar surface area (TPSA) is 41.1 Å². The van der Waals surface area contributed by atoms with Crippen LogP contribution >= 0.6 is 0 Å². The van der Waals surface area contributed by atoms with E-state index in [2.05, 4.69) is 50.5 Å². The molecule has 2 N–H and O–H groups in total. The van der Waals surface area contributed by atoms with Crippen molar-refractivity contribution in [3.63, 3.8) is 0 Å². The van der Waals surface area contributed by atoms with Crippen molar-refractivity contribution in [1.29, 1.82) is 0 Å². The first kappa shape index (κ1) is 17.7. The summed E-state index contributed by atoms with van der Waals surface area (Å²) in [7, 11) is 0. The molecule has 0 saturated heterocycles. The highest BCUT2D eigenvalue weighted by Gasteiger charge is 2.27. The Morgan fingerprint density at radius 2 is 1.76 bits per heavy atom. The van der Waals surface area contributed by atoms with Crippen molar-refractivity contribution in [1.82, 2.24) is 5.32 Å². The monoisotopic (exact) mass is 290 g/mol. The number of likely N-dealkylation sites (N-methyl/N-ethyl adjacent to an activating group) is 1. The van der Waals surface area contributed by atoms with Crippen molar-refractivity contribution in [2.75, 3.05) is 11.9 Å². The van der Waals surface area contributed by atoms with Gasteiger partial charge in [-0.15, -0.1) is 0 Å². The van der Waals surface area contributed by atoms with Gasteiger partial charge in [0.15, 0.2) is 0 Å². The molecule has 118 valence electrons. The van der Waals surface area contributed by atoms with E-state index in [9.17, 15) is 4.79 Å². The average Bonchev–Trinajstić information content (AvgIpc) is 2.38. The number of amides is 1. The third-order valence-electron chi connectivity index (χ3n) is 3.80. The second kappa shape index (κ2) is 7.08. The van der Waals surface area contributed by atoms with Gasteiger partial charge in [-0.2, -0.15) is 0 Å². The van der Waals surface area contributed by atoms with Gasteiger partial charge in [-0.05, 0) is 49.4 Å². The van der Waals surface area contributed by atoms with Crippen molar-refractivity contribution >= 4 is 11.6 Å². The average molecular weight is 290 g/mol. The van der Waals surface area contributed by atoms with Crippen LogP contribution in [0.25, 0.3) is 0 Å². The molecule has 0 spiro atoms. The fraction of sp³-hybridized carbons (Fsp3) is 0.611. The van der Waals surface area contributed by atoms with E-state index < -0.39 is 5.54 Å². The van der Waals surface area contributed by atoms with Gasteiger partial charge in [0.05, 0.1) is 5.54 Å². The van der Waals surface area contributed by atoms with Crippen LogP contribution < -0.4 is 10.6 Å². The van der Waals surface area contributed by atoms with Crippen LogP contribution in [0.4, 0.5) is 5.69 Å². The summed E-state index contributed by atoms with van der Waals surface area (Å²) in [5.74, 6) is 0.871. The van der Waals surface area contributed by atoms with Crippen LogP contribution in [0.2, 0.25) is 0 Å². The zero-order chi connectivity index (χ0) is 16.2. The molecule has 3 nitrogen and oxygen atoms in total. The molecule has 3 heteroatoms. The van der Waals surface area contributed by atoms with Crippen LogP contribution in [-0.4, -0.2) is 18.0 Å². The summed E-state index contributed by atoms with van der Waals surface area (Å²) in [6, 6.07) is 6.35.